The van der Waals surface area contributed by atoms with Crippen molar-refractivity contribution in [2.75, 3.05) is 0 Å². The summed E-state index contributed by atoms with van der Waals surface area (Å²) in [6.45, 7) is 5.55. The van der Waals surface area contributed by atoms with E-state index in [0.717, 1.165) is 12.8 Å². The molecule has 4 atom stereocenters. The van der Waals surface area contributed by atoms with E-state index in [1.54, 1.807) is 6.92 Å². The maximum atomic E-state index is 12.5. The van der Waals surface area contributed by atoms with Crippen molar-refractivity contribution in [3.63, 3.8) is 0 Å². The fourth-order valence-electron chi connectivity index (χ4n) is 4.25. The fourth-order valence-corrected chi connectivity index (χ4v) is 4.25. The Hall–Kier alpha value is -1.39. The molecule has 1 heterocycles. The highest BCUT2D eigenvalue weighted by atomic mass is 16.4. The standard InChI is InChI=1S/C15H21NO4/c1-14(2)9-10(14)12(18)16(11(9)17)8-6-4-5-7-15(8,3)13(19)20/h8-10H,4-7H2,1-3H3,(H,19,20). The van der Waals surface area contributed by atoms with Gasteiger partial charge in [0.25, 0.3) is 0 Å². The van der Waals surface area contributed by atoms with Crippen molar-refractivity contribution in [2.45, 2.75) is 52.5 Å². The number of likely N-dealkylation sites (tertiary alicyclic amines) is 1. The number of piperidine rings is 1. The minimum atomic E-state index is -0.996. The second-order valence-corrected chi connectivity index (χ2v) is 7.31. The van der Waals surface area contributed by atoms with Gasteiger partial charge in [-0.2, -0.15) is 0 Å². The van der Waals surface area contributed by atoms with E-state index >= 15 is 0 Å². The first kappa shape index (κ1) is 13.6. The number of carbonyl (C=O) groups is 3. The molecule has 1 saturated heterocycles. The Morgan fingerprint density at radius 2 is 1.70 bits per heavy atom. The topological polar surface area (TPSA) is 74.7 Å². The number of hydrogen-bond donors (Lipinski definition) is 1. The Labute approximate surface area is 118 Å². The summed E-state index contributed by atoms with van der Waals surface area (Å²) in [6.07, 6.45) is 2.86. The Balaban J connectivity index is 1.92. The van der Waals surface area contributed by atoms with Crippen LogP contribution in [0.3, 0.4) is 0 Å². The third-order valence-electron chi connectivity index (χ3n) is 5.79. The van der Waals surface area contributed by atoms with Crippen LogP contribution < -0.4 is 0 Å². The fraction of sp³-hybridized carbons (Fsp3) is 0.800. The normalized spacial score (nSPS) is 42.5. The average Bonchev–Trinajstić information content (AvgIpc) is 2.82. The molecule has 0 aromatic heterocycles. The van der Waals surface area contributed by atoms with Gasteiger partial charge in [-0.1, -0.05) is 26.7 Å². The highest BCUT2D eigenvalue weighted by Crippen LogP contribution is 2.64. The molecular weight excluding hydrogens is 258 g/mol. The molecule has 4 unspecified atom stereocenters. The van der Waals surface area contributed by atoms with E-state index in [9.17, 15) is 19.5 Å². The summed E-state index contributed by atoms with van der Waals surface area (Å²) in [5.74, 6) is -1.65. The molecule has 5 heteroatoms. The minimum Gasteiger partial charge on any atom is -0.481 e. The molecule has 1 aliphatic heterocycles. The number of rotatable bonds is 2. The molecule has 0 aromatic rings. The maximum Gasteiger partial charge on any atom is 0.311 e. The maximum absolute atomic E-state index is 12.5. The highest BCUT2D eigenvalue weighted by Gasteiger charge is 2.74. The number of aliphatic carboxylic acids is 1. The summed E-state index contributed by atoms with van der Waals surface area (Å²) in [7, 11) is 0. The molecule has 3 aliphatic rings. The molecule has 2 amide bonds. The van der Waals surface area contributed by atoms with E-state index in [1.807, 2.05) is 13.8 Å². The summed E-state index contributed by atoms with van der Waals surface area (Å²) in [5.41, 5.74) is -1.23. The van der Waals surface area contributed by atoms with Crippen LogP contribution in [0.5, 0.6) is 0 Å². The molecule has 1 N–H and O–H groups in total. The Morgan fingerprint density at radius 1 is 1.15 bits per heavy atom. The molecule has 2 saturated carbocycles. The summed E-state index contributed by atoms with van der Waals surface area (Å²) in [4.78, 5) is 37.9. The summed E-state index contributed by atoms with van der Waals surface area (Å²) in [5, 5.41) is 9.53. The van der Waals surface area contributed by atoms with Gasteiger partial charge in [-0.15, -0.1) is 0 Å². The molecule has 110 valence electrons. The van der Waals surface area contributed by atoms with E-state index in [-0.39, 0.29) is 29.1 Å². The van der Waals surface area contributed by atoms with Gasteiger partial charge in [-0.05, 0) is 25.2 Å². The van der Waals surface area contributed by atoms with Crippen molar-refractivity contribution in [3.05, 3.63) is 0 Å². The predicted molar refractivity (Wildman–Crippen MR) is 70.6 cm³/mol. The number of nitrogens with zero attached hydrogens (tertiary/aromatic N) is 1. The largest absolute Gasteiger partial charge is 0.481 e. The number of carboxylic acids is 1. The van der Waals surface area contributed by atoms with E-state index in [1.165, 1.54) is 4.90 Å². The van der Waals surface area contributed by atoms with Gasteiger partial charge in [-0.25, -0.2) is 0 Å². The van der Waals surface area contributed by atoms with Crippen LogP contribution in [0, 0.1) is 22.7 Å². The average molecular weight is 279 g/mol. The van der Waals surface area contributed by atoms with Gasteiger partial charge >= 0.3 is 5.97 Å². The minimum absolute atomic E-state index is 0.149. The first-order valence-corrected chi connectivity index (χ1v) is 7.33. The summed E-state index contributed by atoms with van der Waals surface area (Å²) >= 11 is 0. The van der Waals surface area contributed by atoms with Crippen molar-refractivity contribution in [1.82, 2.24) is 4.90 Å². The van der Waals surface area contributed by atoms with Crippen molar-refractivity contribution < 1.29 is 19.5 Å². The van der Waals surface area contributed by atoms with Crippen LogP contribution in [-0.4, -0.2) is 33.8 Å². The van der Waals surface area contributed by atoms with Crippen molar-refractivity contribution in [3.8, 4) is 0 Å². The molecule has 0 bridgehead atoms. The van der Waals surface area contributed by atoms with Crippen LogP contribution in [0.4, 0.5) is 0 Å². The lowest BCUT2D eigenvalue weighted by atomic mass is 9.71. The molecule has 2 aliphatic carbocycles. The van der Waals surface area contributed by atoms with Crippen LogP contribution >= 0.6 is 0 Å². The monoisotopic (exact) mass is 279 g/mol. The Morgan fingerprint density at radius 3 is 2.20 bits per heavy atom. The summed E-state index contributed by atoms with van der Waals surface area (Å²) < 4.78 is 0. The van der Waals surface area contributed by atoms with Crippen molar-refractivity contribution in [1.29, 1.82) is 0 Å². The van der Waals surface area contributed by atoms with Gasteiger partial charge < -0.3 is 5.11 Å². The predicted octanol–water partition coefficient (Wildman–Crippen LogP) is 1.66. The number of imide groups is 1. The van der Waals surface area contributed by atoms with E-state index in [2.05, 4.69) is 0 Å². The van der Waals surface area contributed by atoms with E-state index < -0.39 is 17.4 Å². The number of carbonyl (C=O) groups excluding carboxylic acids is 2. The molecule has 0 aromatic carbocycles. The first-order chi connectivity index (χ1) is 9.23. The highest BCUT2D eigenvalue weighted by molar-refractivity contribution is 6.11. The van der Waals surface area contributed by atoms with E-state index in [0.29, 0.717) is 12.8 Å². The lowest BCUT2D eigenvalue weighted by Crippen LogP contribution is -2.55. The Kier molecular flexibility index (Phi) is 2.60. The molecule has 0 spiro atoms. The van der Waals surface area contributed by atoms with Crippen LogP contribution in [0.2, 0.25) is 0 Å². The third kappa shape index (κ3) is 1.46. The van der Waals surface area contributed by atoms with Crippen LogP contribution in [0.15, 0.2) is 0 Å². The zero-order chi connectivity index (χ0) is 14.9. The van der Waals surface area contributed by atoms with Crippen molar-refractivity contribution >= 4 is 17.8 Å². The number of amides is 2. The molecular formula is C15H21NO4. The number of carboxylic acid groups (broad SMARTS) is 1. The van der Waals surface area contributed by atoms with Gasteiger partial charge in [0.2, 0.25) is 11.8 Å². The van der Waals surface area contributed by atoms with Gasteiger partial charge in [0.05, 0.1) is 23.3 Å². The quantitative estimate of drug-likeness (QED) is 0.780. The second kappa shape index (κ2) is 3.83. The molecule has 0 radical (unpaired) electrons. The van der Waals surface area contributed by atoms with Gasteiger partial charge in [0.15, 0.2) is 0 Å². The van der Waals surface area contributed by atoms with E-state index in [4.69, 9.17) is 0 Å². The smallest absolute Gasteiger partial charge is 0.311 e. The van der Waals surface area contributed by atoms with Crippen LogP contribution in [0.25, 0.3) is 0 Å². The van der Waals surface area contributed by atoms with Gasteiger partial charge in [0, 0.05) is 0 Å². The lowest BCUT2D eigenvalue weighted by Gasteiger charge is -2.43. The molecule has 3 fully saturated rings. The lowest BCUT2D eigenvalue weighted by molar-refractivity contribution is -0.161. The zero-order valence-electron chi connectivity index (χ0n) is 12.2. The van der Waals surface area contributed by atoms with Gasteiger partial charge in [-0.3, -0.25) is 19.3 Å². The first-order valence-electron chi connectivity index (χ1n) is 7.33. The molecule has 5 nitrogen and oxygen atoms in total. The number of fused-ring (bicyclic) bond motifs is 1. The van der Waals surface area contributed by atoms with Crippen LogP contribution in [0.1, 0.15) is 46.5 Å². The zero-order valence-corrected chi connectivity index (χ0v) is 12.2. The number of hydrogen-bond acceptors (Lipinski definition) is 3. The Bertz CT molecular complexity index is 488. The molecule has 20 heavy (non-hydrogen) atoms. The van der Waals surface area contributed by atoms with Gasteiger partial charge in [0.1, 0.15) is 0 Å². The van der Waals surface area contributed by atoms with Crippen molar-refractivity contribution in [2.24, 2.45) is 22.7 Å². The van der Waals surface area contributed by atoms with Crippen LogP contribution in [-0.2, 0) is 14.4 Å². The summed E-state index contributed by atoms with van der Waals surface area (Å²) in [6, 6.07) is -0.475. The third-order valence-corrected chi connectivity index (χ3v) is 5.79. The molecule has 3 rings (SSSR count). The second-order valence-electron chi connectivity index (χ2n) is 7.31. The SMILES string of the molecule is CC1(C(=O)O)CCCCC1N1C(=O)C2C(C1=O)C2(C)C.